The highest BCUT2D eigenvalue weighted by Crippen LogP contribution is 2.64. The summed E-state index contributed by atoms with van der Waals surface area (Å²) in [6, 6.07) is 16.1. The van der Waals surface area contributed by atoms with Crippen LogP contribution >= 0.6 is 34.7 Å². The van der Waals surface area contributed by atoms with Gasteiger partial charge in [0.2, 0.25) is 5.91 Å². The second-order valence-corrected chi connectivity index (χ2v) is 14.1. The summed E-state index contributed by atoms with van der Waals surface area (Å²) in [7, 11) is 0. The maximum absolute atomic E-state index is 13.3. The fourth-order valence-corrected chi connectivity index (χ4v) is 9.80. The van der Waals surface area contributed by atoms with E-state index in [9.17, 15) is 9.59 Å². The fraction of sp³-hybridized carbons (Fsp3) is 0.448. The van der Waals surface area contributed by atoms with Gasteiger partial charge in [-0.3, -0.25) is 14.2 Å². The Balaban J connectivity index is 1.35. The summed E-state index contributed by atoms with van der Waals surface area (Å²) in [4.78, 5) is 27.3. The second-order valence-electron chi connectivity index (χ2n) is 11.5. The molecule has 0 saturated heterocycles. The van der Waals surface area contributed by atoms with Crippen molar-refractivity contribution in [2.75, 3.05) is 5.32 Å². The van der Waals surface area contributed by atoms with Gasteiger partial charge in [0.25, 0.3) is 0 Å². The number of anilines is 1. The van der Waals surface area contributed by atoms with Gasteiger partial charge in [-0.15, -0.1) is 11.8 Å². The summed E-state index contributed by atoms with van der Waals surface area (Å²) in [5, 5.41) is 5.06. The Kier molecular flexibility index (Phi) is 6.13. The minimum Gasteiger partial charge on any atom is -0.325 e. The Morgan fingerprint density at radius 1 is 1.06 bits per heavy atom. The van der Waals surface area contributed by atoms with Gasteiger partial charge in [-0.25, -0.2) is 0 Å². The highest BCUT2D eigenvalue weighted by atomic mass is 35.5. The predicted octanol–water partition coefficient (Wildman–Crippen LogP) is 7.15. The molecule has 6 rings (SSSR count). The van der Waals surface area contributed by atoms with Gasteiger partial charge < -0.3 is 5.32 Å². The lowest BCUT2D eigenvalue weighted by molar-refractivity contribution is -0.116. The zero-order chi connectivity index (χ0) is 25.2. The molecule has 1 N–H and O–H groups in total. The van der Waals surface area contributed by atoms with E-state index in [-0.39, 0.29) is 28.7 Å². The number of nitrogens with zero attached hydrogens (tertiary/aromatic N) is 1. The number of aromatic nitrogens is 1. The number of carbonyl (C=O) groups is 1. The Morgan fingerprint density at radius 2 is 1.75 bits per heavy atom. The molecule has 2 fully saturated rings. The molecule has 4 nitrogen and oxygen atoms in total. The topological polar surface area (TPSA) is 51.1 Å². The number of carbonyl (C=O) groups excluding carboxylic acids is 1. The number of hydrogen-bond donors (Lipinski definition) is 1. The molecule has 5 atom stereocenters. The molecule has 2 aliphatic carbocycles. The van der Waals surface area contributed by atoms with Gasteiger partial charge in [0.15, 0.2) is 0 Å². The summed E-state index contributed by atoms with van der Waals surface area (Å²) in [6.07, 6.45) is 3.89. The third-order valence-electron chi connectivity index (χ3n) is 8.26. The van der Waals surface area contributed by atoms with Crippen molar-refractivity contribution >= 4 is 46.3 Å². The maximum atomic E-state index is 13.3. The molecule has 36 heavy (non-hydrogen) atoms. The average molecular weight is 539 g/mol. The monoisotopic (exact) mass is 538 g/mol. The molecule has 1 aliphatic heterocycles. The van der Waals surface area contributed by atoms with Crippen LogP contribution in [0.4, 0.5) is 5.69 Å². The molecule has 3 aliphatic rings. The van der Waals surface area contributed by atoms with Crippen LogP contribution in [0.2, 0.25) is 5.02 Å². The maximum Gasteiger partial charge on any atom is 0.308 e. The number of fused-ring (bicyclic) bond motifs is 6. The van der Waals surface area contributed by atoms with Crippen molar-refractivity contribution in [2.45, 2.75) is 68.2 Å². The van der Waals surface area contributed by atoms with Crippen molar-refractivity contribution in [3.8, 4) is 0 Å². The number of nitrogens with one attached hydrogen (secondary N) is 1. The Morgan fingerprint density at radius 3 is 2.44 bits per heavy atom. The van der Waals surface area contributed by atoms with Crippen molar-refractivity contribution in [1.82, 2.24) is 4.57 Å². The van der Waals surface area contributed by atoms with Gasteiger partial charge in [-0.05, 0) is 77.8 Å². The molecule has 2 bridgehead atoms. The van der Waals surface area contributed by atoms with Crippen LogP contribution in [0, 0.1) is 17.8 Å². The van der Waals surface area contributed by atoms with E-state index in [4.69, 9.17) is 11.6 Å². The smallest absolute Gasteiger partial charge is 0.308 e. The minimum atomic E-state index is -0.193. The molecule has 0 radical (unpaired) electrons. The Bertz CT molecular complexity index is 1350. The summed E-state index contributed by atoms with van der Waals surface area (Å²) in [5.41, 5.74) is 3.42. The number of hydrogen-bond acceptors (Lipinski definition) is 4. The molecule has 1 amide bonds. The molecular formula is C29H31ClN2O2S2. The highest BCUT2D eigenvalue weighted by molar-refractivity contribution is 8.00. The number of thiazole rings is 1. The predicted molar refractivity (Wildman–Crippen MR) is 150 cm³/mol. The third kappa shape index (κ3) is 4.25. The standard InChI is InChI=1S/C29H31ClN2O2S2/c1-29(2,3)19-8-6-16(7-9-19)23-24-17-4-5-18(14-17)25(24)35-27-26(23)36-28(34)32(27)15-22(33)31-21-12-10-20(30)11-13-21/h6-13,17-18,23-25H,4-5,14-15H2,1-3H3,(H,31,33)/t17?,18?,23-,24?,25?/m0/s1. The molecule has 2 heterocycles. The van der Waals surface area contributed by atoms with E-state index in [1.807, 2.05) is 11.8 Å². The Hall–Kier alpha value is -2.02. The first-order chi connectivity index (χ1) is 17.2. The quantitative estimate of drug-likeness (QED) is 0.383. The highest BCUT2D eigenvalue weighted by Gasteiger charge is 2.55. The van der Waals surface area contributed by atoms with Crippen molar-refractivity contribution in [3.05, 3.63) is 79.2 Å². The van der Waals surface area contributed by atoms with Crippen LogP contribution in [0.5, 0.6) is 0 Å². The van der Waals surface area contributed by atoms with E-state index in [0.717, 1.165) is 15.8 Å². The molecule has 3 aromatic rings. The van der Waals surface area contributed by atoms with Crippen LogP contribution in [-0.4, -0.2) is 15.7 Å². The summed E-state index contributed by atoms with van der Waals surface area (Å²) in [5.74, 6) is 2.04. The first-order valence-electron chi connectivity index (χ1n) is 12.7. The zero-order valence-electron chi connectivity index (χ0n) is 20.8. The normalized spacial score (nSPS) is 26.5. The van der Waals surface area contributed by atoms with E-state index in [0.29, 0.717) is 27.8 Å². The third-order valence-corrected chi connectivity index (χ3v) is 11.3. The van der Waals surface area contributed by atoms with E-state index in [1.165, 1.54) is 41.7 Å². The van der Waals surface area contributed by atoms with Crippen molar-refractivity contribution in [3.63, 3.8) is 0 Å². The van der Waals surface area contributed by atoms with Crippen LogP contribution in [0.3, 0.4) is 0 Å². The van der Waals surface area contributed by atoms with Crippen LogP contribution in [0.1, 0.15) is 62.0 Å². The molecule has 2 aromatic carbocycles. The van der Waals surface area contributed by atoms with Gasteiger partial charge in [0, 0.05) is 26.8 Å². The minimum absolute atomic E-state index is 0.0292. The molecule has 188 valence electrons. The lowest BCUT2D eigenvalue weighted by Gasteiger charge is -2.40. The van der Waals surface area contributed by atoms with Gasteiger partial charge in [-0.1, -0.05) is 68.0 Å². The van der Waals surface area contributed by atoms with Crippen LogP contribution < -0.4 is 10.2 Å². The zero-order valence-corrected chi connectivity index (χ0v) is 23.2. The van der Waals surface area contributed by atoms with Gasteiger partial charge in [0.1, 0.15) is 6.54 Å². The summed E-state index contributed by atoms with van der Waals surface area (Å²) in [6.45, 7) is 6.75. The lowest BCUT2D eigenvalue weighted by Crippen LogP contribution is -2.35. The molecule has 7 heteroatoms. The van der Waals surface area contributed by atoms with Crippen LogP contribution in [0.25, 0.3) is 0 Å². The number of rotatable bonds is 4. The summed E-state index contributed by atoms with van der Waals surface area (Å²) >= 11 is 9.19. The summed E-state index contributed by atoms with van der Waals surface area (Å²) < 4.78 is 1.72. The Labute approximate surface area is 225 Å². The molecule has 1 aromatic heterocycles. The fourth-order valence-electron chi connectivity index (χ4n) is 6.53. The van der Waals surface area contributed by atoms with Crippen molar-refractivity contribution in [1.29, 1.82) is 0 Å². The second kappa shape index (κ2) is 9.07. The van der Waals surface area contributed by atoms with Crippen molar-refractivity contribution in [2.24, 2.45) is 17.8 Å². The average Bonchev–Trinajstić information content (AvgIpc) is 3.53. The first kappa shape index (κ1) is 24.3. The van der Waals surface area contributed by atoms with E-state index in [1.54, 1.807) is 28.8 Å². The molecule has 2 saturated carbocycles. The number of halogens is 1. The number of amides is 1. The van der Waals surface area contributed by atoms with E-state index < -0.39 is 0 Å². The van der Waals surface area contributed by atoms with Crippen LogP contribution in [0.15, 0.2) is 58.4 Å². The van der Waals surface area contributed by atoms with Gasteiger partial charge in [-0.2, -0.15) is 0 Å². The SMILES string of the molecule is CC(C)(C)c1ccc([C@@H]2c3sc(=O)n(CC(=O)Nc4ccc(Cl)cc4)c3SC3C4CCC(C4)C32)cc1. The lowest BCUT2D eigenvalue weighted by atomic mass is 9.74. The first-order valence-corrected chi connectivity index (χ1v) is 14.8. The van der Waals surface area contributed by atoms with E-state index >= 15 is 0 Å². The van der Waals surface area contributed by atoms with Crippen LogP contribution in [-0.2, 0) is 16.8 Å². The molecule has 0 spiro atoms. The molecular weight excluding hydrogens is 508 g/mol. The largest absolute Gasteiger partial charge is 0.325 e. The number of thioether (sulfide) groups is 1. The van der Waals surface area contributed by atoms with Gasteiger partial charge >= 0.3 is 4.87 Å². The molecule has 4 unspecified atom stereocenters. The van der Waals surface area contributed by atoms with E-state index in [2.05, 4.69) is 50.4 Å². The van der Waals surface area contributed by atoms with Gasteiger partial charge in [0.05, 0.1) is 5.03 Å². The van der Waals surface area contributed by atoms with Crippen molar-refractivity contribution < 1.29 is 4.79 Å². The number of benzene rings is 2.